The molecule has 0 aliphatic heterocycles. The Morgan fingerprint density at radius 1 is 1.50 bits per heavy atom. The van der Waals surface area contributed by atoms with Crippen LogP contribution < -0.4 is 0 Å². The zero-order valence-electron chi connectivity index (χ0n) is 8.09. The van der Waals surface area contributed by atoms with Crippen molar-refractivity contribution in [2.24, 2.45) is 0 Å². The van der Waals surface area contributed by atoms with Crippen LogP contribution in [0.25, 0.3) is 0 Å². The Labute approximate surface area is 73.7 Å². The van der Waals surface area contributed by atoms with Gasteiger partial charge in [-0.1, -0.05) is 0 Å². The van der Waals surface area contributed by atoms with E-state index in [-0.39, 0.29) is 5.97 Å². The summed E-state index contributed by atoms with van der Waals surface area (Å²) in [6.07, 6.45) is 1.71. The van der Waals surface area contributed by atoms with Crippen LogP contribution in [0.15, 0.2) is 0 Å². The van der Waals surface area contributed by atoms with E-state index in [9.17, 15) is 9.90 Å². The molecule has 0 fully saturated rings. The maximum Gasteiger partial charge on any atom is 0.305 e. The fraction of sp³-hybridized carbons (Fsp3) is 0.889. The van der Waals surface area contributed by atoms with Gasteiger partial charge in [-0.2, -0.15) is 0 Å². The van der Waals surface area contributed by atoms with Gasteiger partial charge in [-0.25, -0.2) is 0 Å². The van der Waals surface area contributed by atoms with E-state index in [1.54, 1.807) is 20.8 Å². The normalized spacial score (nSPS) is 11.3. The molecule has 0 spiro atoms. The number of carbonyl (C=O) groups excluding carboxylic acids is 1. The molecule has 3 nitrogen and oxygen atoms in total. The minimum atomic E-state index is -0.674. The fourth-order valence-corrected chi connectivity index (χ4v) is 0.898. The van der Waals surface area contributed by atoms with E-state index in [1.165, 1.54) is 0 Å². The molecule has 0 aliphatic rings. The Balaban J connectivity index is 3.37. The van der Waals surface area contributed by atoms with Gasteiger partial charge < -0.3 is 9.84 Å². The van der Waals surface area contributed by atoms with Crippen LogP contribution in [0.1, 0.15) is 40.0 Å². The van der Waals surface area contributed by atoms with E-state index < -0.39 is 5.60 Å². The number of ether oxygens (including phenoxy) is 1. The molecule has 0 saturated carbocycles. The van der Waals surface area contributed by atoms with Crippen LogP contribution in [0.2, 0.25) is 0 Å². The maximum atomic E-state index is 10.8. The van der Waals surface area contributed by atoms with E-state index in [0.29, 0.717) is 25.9 Å². The molecule has 0 aliphatic carbocycles. The molecule has 0 bridgehead atoms. The predicted octanol–water partition coefficient (Wildman–Crippen LogP) is 1.49. The quantitative estimate of drug-likeness (QED) is 0.642. The third-order valence-corrected chi connectivity index (χ3v) is 1.47. The molecule has 0 aromatic carbocycles. The molecular formula is C9H18O3. The summed E-state index contributed by atoms with van der Waals surface area (Å²) in [5.74, 6) is -0.179. The minimum Gasteiger partial charge on any atom is -0.466 e. The SMILES string of the molecule is CCOC(=O)CCCC(C)(C)O. The topological polar surface area (TPSA) is 46.5 Å². The number of esters is 1. The summed E-state index contributed by atoms with van der Waals surface area (Å²) in [4.78, 5) is 10.8. The molecule has 1 N–H and O–H groups in total. The smallest absolute Gasteiger partial charge is 0.305 e. The highest BCUT2D eigenvalue weighted by atomic mass is 16.5. The van der Waals surface area contributed by atoms with Gasteiger partial charge in [-0.05, 0) is 33.6 Å². The van der Waals surface area contributed by atoms with Crippen molar-refractivity contribution in [2.45, 2.75) is 45.6 Å². The summed E-state index contributed by atoms with van der Waals surface area (Å²) in [6.45, 7) is 5.69. The highest BCUT2D eigenvalue weighted by molar-refractivity contribution is 5.69. The summed E-state index contributed by atoms with van der Waals surface area (Å²) >= 11 is 0. The summed E-state index contributed by atoms with van der Waals surface area (Å²) in [6, 6.07) is 0. The van der Waals surface area contributed by atoms with Gasteiger partial charge in [0.25, 0.3) is 0 Å². The molecule has 0 rings (SSSR count). The van der Waals surface area contributed by atoms with E-state index in [1.807, 2.05) is 0 Å². The first-order valence-electron chi connectivity index (χ1n) is 4.33. The van der Waals surface area contributed by atoms with Crippen LogP contribution >= 0.6 is 0 Å². The fourth-order valence-electron chi connectivity index (χ4n) is 0.898. The van der Waals surface area contributed by atoms with Gasteiger partial charge in [0.1, 0.15) is 0 Å². The van der Waals surface area contributed by atoms with Gasteiger partial charge in [0, 0.05) is 6.42 Å². The maximum absolute atomic E-state index is 10.8. The van der Waals surface area contributed by atoms with Gasteiger partial charge in [0.05, 0.1) is 12.2 Å². The molecule has 0 saturated heterocycles. The molecule has 3 heteroatoms. The Kier molecular flexibility index (Phi) is 4.90. The first-order chi connectivity index (χ1) is 5.45. The van der Waals surface area contributed by atoms with E-state index in [4.69, 9.17) is 4.74 Å². The third-order valence-electron chi connectivity index (χ3n) is 1.47. The molecule has 0 aromatic rings. The van der Waals surface area contributed by atoms with Gasteiger partial charge in [-0.3, -0.25) is 4.79 Å². The first-order valence-corrected chi connectivity index (χ1v) is 4.33. The van der Waals surface area contributed by atoms with E-state index >= 15 is 0 Å². The predicted molar refractivity (Wildman–Crippen MR) is 46.8 cm³/mol. The number of hydrogen-bond acceptors (Lipinski definition) is 3. The largest absolute Gasteiger partial charge is 0.466 e. The number of rotatable bonds is 5. The number of aliphatic hydroxyl groups is 1. The highest BCUT2D eigenvalue weighted by Gasteiger charge is 2.12. The first kappa shape index (κ1) is 11.4. The molecule has 0 aromatic heterocycles. The second-order valence-corrected chi connectivity index (χ2v) is 3.47. The minimum absolute atomic E-state index is 0.179. The van der Waals surface area contributed by atoms with Crippen LogP contribution in [-0.2, 0) is 9.53 Å². The van der Waals surface area contributed by atoms with E-state index in [2.05, 4.69) is 0 Å². The molecule has 0 atom stereocenters. The van der Waals surface area contributed by atoms with Gasteiger partial charge >= 0.3 is 5.97 Å². The highest BCUT2D eigenvalue weighted by Crippen LogP contribution is 2.11. The Bertz CT molecular complexity index is 135. The Morgan fingerprint density at radius 2 is 2.08 bits per heavy atom. The molecule has 0 unspecified atom stereocenters. The average Bonchev–Trinajstić information content (AvgIpc) is 1.84. The van der Waals surface area contributed by atoms with Crippen molar-refractivity contribution in [3.05, 3.63) is 0 Å². The Hall–Kier alpha value is -0.570. The van der Waals surface area contributed by atoms with Gasteiger partial charge in [-0.15, -0.1) is 0 Å². The lowest BCUT2D eigenvalue weighted by Crippen LogP contribution is -2.18. The summed E-state index contributed by atoms with van der Waals surface area (Å²) in [5.41, 5.74) is -0.674. The molecule has 72 valence electrons. The van der Waals surface area contributed by atoms with Crippen molar-refractivity contribution in [1.82, 2.24) is 0 Å². The lowest BCUT2D eigenvalue weighted by Gasteiger charge is -2.15. The van der Waals surface area contributed by atoms with Crippen molar-refractivity contribution in [3.63, 3.8) is 0 Å². The van der Waals surface area contributed by atoms with Crippen molar-refractivity contribution < 1.29 is 14.6 Å². The van der Waals surface area contributed by atoms with E-state index in [0.717, 1.165) is 0 Å². The molecule has 0 amide bonds. The average molecular weight is 174 g/mol. The van der Waals surface area contributed by atoms with Crippen molar-refractivity contribution >= 4 is 5.97 Å². The van der Waals surface area contributed by atoms with Crippen LogP contribution in [-0.4, -0.2) is 23.3 Å². The summed E-state index contributed by atoms with van der Waals surface area (Å²) in [7, 11) is 0. The second-order valence-electron chi connectivity index (χ2n) is 3.47. The summed E-state index contributed by atoms with van der Waals surface area (Å²) < 4.78 is 4.74. The number of carbonyl (C=O) groups is 1. The van der Waals surface area contributed by atoms with Crippen LogP contribution in [0.4, 0.5) is 0 Å². The molecular weight excluding hydrogens is 156 g/mol. The van der Waals surface area contributed by atoms with Crippen LogP contribution in [0.5, 0.6) is 0 Å². The zero-order valence-corrected chi connectivity index (χ0v) is 8.09. The molecule has 0 heterocycles. The molecule has 12 heavy (non-hydrogen) atoms. The third kappa shape index (κ3) is 7.54. The van der Waals surface area contributed by atoms with Crippen LogP contribution in [0.3, 0.4) is 0 Å². The number of hydrogen-bond donors (Lipinski definition) is 1. The lowest BCUT2D eigenvalue weighted by atomic mass is 10.0. The summed E-state index contributed by atoms with van der Waals surface area (Å²) in [5, 5.41) is 9.31. The van der Waals surface area contributed by atoms with Gasteiger partial charge in [0.2, 0.25) is 0 Å². The molecule has 0 radical (unpaired) electrons. The second kappa shape index (κ2) is 5.14. The lowest BCUT2D eigenvalue weighted by molar-refractivity contribution is -0.143. The van der Waals surface area contributed by atoms with Crippen molar-refractivity contribution in [3.8, 4) is 0 Å². The van der Waals surface area contributed by atoms with Crippen LogP contribution in [0, 0.1) is 0 Å². The zero-order chi connectivity index (χ0) is 9.61. The van der Waals surface area contributed by atoms with Gasteiger partial charge in [0.15, 0.2) is 0 Å². The Morgan fingerprint density at radius 3 is 2.50 bits per heavy atom. The van der Waals surface area contributed by atoms with Crippen molar-refractivity contribution in [2.75, 3.05) is 6.61 Å². The van der Waals surface area contributed by atoms with Crippen molar-refractivity contribution in [1.29, 1.82) is 0 Å². The standard InChI is InChI=1S/C9H18O3/c1-4-12-8(10)6-5-7-9(2,3)11/h11H,4-7H2,1-3H3. The monoisotopic (exact) mass is 174 g/mol.